The Bertz CT molecular complexity index is 1850. The lowest BCUT2D eigenvalue weighted by Gasteiger charge is -2.39. The number of hydrogen-bond donors (Lipinski definition) is 0. The van der Waals surface area contributed by atoms with E-state index in [1.54, 1.807) is 29.4 Å². The molecule has 3 saturated heterocycles. The highest BCUT2D eigenvalue weighted by Gasteiger charge is 2.45. The van der Waals surface area contributed by atoms with Crippen LogP contribution < -0.4 is 9.64 Å². The zero-order valence-corrected chi connectivity index (χ0v) is 25.6. The molecule has 45 heavy (non-hydrogen) atoms. The fraction of sp³-hybridized carbons (Fsp3) is 0.382. The summed E-state index contributed by atoms with van der Waals surface area (Å²) >= 11 is 6.60. The number of fused-ring (bicyclic) bond motifs is 3. The summed E-state index contributed by atoms with van der Waals surface area (Å²) in [5.41, 5.74) is 0.991. The molecule has 9 nitrogen and oxygen atoms in total. The molecule has 3 fully saturated rings. The van der Waals surface area contributed by atoms with E-state index < -0.39 is 5.82 Å². The summed E-state index contributed by atoms with van der Waals surface area (Å²) in [6.07, 6.45) is 8.97. The zero-order chi connectivity index (χ0) is 31.1. The van der Waals surface area contributed by atoms with Crippen LogP contribution in [0.25, 0.3) is 37.6 Å². The van der Waals surface area contributed by atoms with Gasteiger partial charge in [0.15, 0.2) is 5.82 Å². The number of anilines is 1. The molecule has 5 heterocycles. The number of hydrogen-bond acceptors (Lipinski definition) is 7. The summed E-state index contributed by atoms with van der Waals surface area (Å²) in [5, 5.41) is 2.55. The summed E-state index contributed by atoms with van der Waals surface area (Å²) in [6.45, 7) is 15.0. The van der Waals surface area contributed by atoms with Crippen LogP contribution in [0.5, 0.6) is 6.01 Å². The number of halogens is 2. The number of nitrogens with zero attached hydrogens (tertiary/aromatic N) is 7. The minimum Gasteiger partial charge on any atom is -0.461 e. The molecule has 4 aromatic rings. The molecule has 2 aromatic heterocycles. The molecule has 3 aliphatic heterocycles. The van der Waals surface area contributed by atoms with Gasteiger partial charge in [0.05, 0.1) is 5.54 Å². The Balaban J connectivity index is 1.33. The highest BCUT2D eigenvalue weighted by atomic mass is 35.5. The van der Waals surface area contributed by atoms with E-state index in [0.29, 0.717) is 59.0 Å². The van der Waals surface area contributed by atoms with Crippen molar-refractivity contribution in [2.75, 3.05) is 50.8 Å². The summed E-state index contributed by atoms with van der Waals surface area (Å²) in [4.78, 5) is 36.2. The number of benzene rings is 2. The lowest BCUT2D eigenvalue weighted by atomic mass is 9.95. The van der Waals surface area contributed by atoms with Crippen LogP contribution in [0, 0.1) is 12.4 Å². The molecule has 7 rings (SSSR count). The molecule has 0 N–H and O–H groups in total. The fourth-order valence-electron chi connectivity index (χ4n) is 7.41. The van der Waals surface area contributed by atoms with E-state index in [1.807, 2.05) is 23.1 Å². The second-order valence-corrected chi connectivity index (χ2v) is 12.5. The van der Waals surface area contributed by atoms with Crippen molar-refractivity contribution >= 4 is 45.0 Å². The molecule has 0 saturated carbocycles. The van der Waals surface area contributed by atoms with E-state index in [9.17, 15) is 4.79 Å². The van der Waals surface area contributed by atoms with E-state index in [4.69, 9.17) is 27.9 Å². The van der Waals surface area contributed by atoms with Crippen molar-refractivity contribution in [3.8, 4) is 17.1 Å². The molecule has 0 unspecified atom stereocenters. The van der Waals surface area contributed by atoms with Crippen molar-refractivity contribution in [2.24, 2.45) is 0 Å². The molecule has 230 valence electrons. The number of rotatable bonds is 7. The summed E-state index contributed by atoms with van der Waals surface area (Å²) < 4.78 is 23.1. The zero-order valence-electron chi connectivity index (χ0n) is 24.9. The summed E-state index contributed by atoms with van der Waals surface area (Å²) in [6, 6.07) is 8.80. The van der Waals surface area contributed by atoms with Gasteiger partial charge in [-0.1, -0.05) is 36.4 Å². The first-order chi connectivity index (χ1) is 21.9. The van der Waals surface area contributed by atoms with Crippen LogP contribution in [-0.2, 0) is 4.79 Å². The number of carbonyl (C=O) groups excluding carboxylic acids is 1. The van der Waals surface area contributed by atoms with E-state index in [-0.39, 0.29) is 35.6 Å². The van der Waals surface area contributed by atoms with Crippen LogP contribution in [0.4, 0.5) is 10.2 Å². The molecule has 0 aliphatic carbocycles. The second kappa shape index (κ2) is 11.9. The SMILES string of the molecule is [C-]#[N+]C[C@H]1CN(c2nc(OCC34CCCN3CCC4)nc3c(F)c(-c4cncc5cccc(Cl)c45)ccc23)CCN1C(=O)C=C. The van der Waals surface area contributed by atoms with Gasteiger partial charge in [-0.15, -0.1) is 0 Å². The maximum absolute atomic E-state index is 16.8. The summed E-state index contributed by atoms with van der Waals surface area (Å²) in [7, 11) is 0. The predicted molar refractivity (Wildman–Crippen MR) is 173 cm³/mol. The predicted octanol–water partition coefficient (Wildman–Crippen LogP) is 5.77. The van der Waals surface area contributed by atoms with Crippen molar-refractivity contribution in [1.29, 1.82) is 0 Å². The number of aromatic nitrogens is 3. The molecular formula is C34H33ClFN7O2. The molecule has 3 aliphatic rings. The van der Waals surface area contributed by atoms with Crippen LogP contribution >= 0.6 is 11.6 Å². The first-order valence-corrected chi connectivity index (χ1v) is 15.7. The van der Waals surface area contributed by atoms with Crippen LogP contribution in [-0.4, -0.2) is 88.1 Å². The van der Waals surface area contributed by atoms with Gasteiger partial charge in [0.2, 0.25) is 12.5 Å². The standard InChI is InChI=1S/C34H33ClFN7O2/c1-3-28(44)43-16-15-41(20-23(43)18-37-2)32-25-10-9-24(26-19-38-17-22-7-4-8-27(35)29(22)26)30(36)31(25)39-33(40-32)45-21-34-11-5-13-42(34)14-6-12-34/h3-4,7-10,17,19,23H,1,5-6,11-16,18,20-21H2/t23-/m0/s1. The largest absolute Gasteiger partial charge is 0.461 e. The van der Waals surface area contributed by atoms with Crippen LogP contribution in [0.15, 0.2) is 55.4 Å². The maximum atomic E-state index is 16.8. The first kappa shape index (κ1) is 29.4. The van der Waals surface area contributed by atoms with E-state index in [1.165, 1.54) is 6.08 Å². The third-order valence-corrected chi connectivity index (χ3v) is 9.93. The van der Waals surface area contributed by atoms with Gasteiger partial charge in [-0.25, -0.2) is 11.0 Å². The highest BCUT2D eigenvalue weighted by Crippen LogP contribution is 2.41. The van der Waals surface area contributed by atoms with Gasteiger partial charge < -0.3 is 19.4 Å². The Morgan fingerprint density at radius 2 is 1.96 bits per heavy atom. The van der Waals surface area contributed by atoms with E-state index >= 15 is 4.39 Å². The Morgan fingerprint density at radius 3 is 2.73 bits per heavy atom. The average Bonchev–Trinajstić information content (AvgIpc) is 3.64. The molecule has 1 amide bonds. The second-order valence-electron chi connectivity index (χ2n) is 12.1. The number of amides is 1. The smallest absolute Gasteiger partial charge is 0.319 e. The van der Waals surface area contributed by atoms with Crippen LogP contribution in [0.3, 0.4) is 0 Å². The number of pyridine rings is 1. The van der Waals surface area contributed by atoms with E-state index in [0.717, 1.165) is 44.2 Å². The third-order valence-electron chi connectivity index (χ3n) is 9.61. The van der Waals surface area contributed by atoms with Gasteiger partial charge in [-0.3, -0.25) is 14.7 Å². The highest BCUT2D eigenvalue weighted by molar-refractivity contribution is 6.36. The normalized spacial score (nSPS) is 19.5. The topological polar surface area (TPSA) is 79.1 Å². The monoisotopic (exact) mass is 625 g/mol. The van der Waals surface area contributed by atoms with E-state index in [2.05, 4.69) is 26.3 Å². The van der Waals surface area contributed by atoms with Gasteiger partial charge in [0.25, 0.3) is 0 Å². The molecule has 1 atom stereocenters. The minimum absolute atomic E-state index is 0.0400. The molecule has 0 spiro atoms. The Morgan fingerprint density at radius 1 is 1.13 bits per heavy atom. The maximum Gasteiger partial charge on any atom is 0.319 e. The van der Waals surface area contributed by atoms with Gasteiger partial charge in [0, 0.05) is 64.3 Å². The summed E-state index contributed by atoms with van der Waals surface area (Å²) in [5.74, 6) is -0.216. The fourth-order valence-corrected chi connectivity index (χ4v) is 7.69. The van der Waals surface area contributed by atoms with Gasteiger partial charge in [-0.2, -0.15) is 9.97 Å². The Kier molecular flexibility index (Phi) is 7.76. The number of piperazine rings is 1. The molecule has 2 aromatic carbocycles. The molecular weight excluding hydrogens is 593 g/mol. The van der Waals surface area contributed by atoms with Gasteiger partial charge in [0.1, 0.15) is 24.0 Å². The number of ether oxygens (including phenoxy) is 1. The van der Waals surface area contributed by atoms with Crippen molar-refractivity contribution < 1.29 is 13.9 Å². The van der Waals surface area contributed by atoms with Gasteiger partial charge in [-0.05, 0) is 57.0 Å². The van der Waals surface area contributed by atoms with Crippen molar-refractivity contribution in [1.82, 2.24) is 24.8 Å². The Labute approximate surface area is 266 Å². The first-order valence-electron chi connectivity index (χ1n) is 15.3. The third kappa shape index (κ3) is 5.14. The minimum atomic E-state index is -0.519. The molecule has 11 heteroatoms. The quantitative estimate of drug-likeness (QED) is 0.191. The molecule has 0 radical (unpaired) electrons. The van der Waals surface area contributed by atoms with Gasteiger partial charge >= 0.3 is 6.01 Å². The van der Waals surface area contributed by atoms with Crippen molar-refractivity contribution in [2.45, 2.75) is 37.3 Å². The van der Waals surface area contributed by atoms with Crippen molar-refractivity contribution in [3.63, 3.8) is 0 Å². The van der Waals surface area contributed by atoms with Crippen molar-refractivity contribution in [3.05, 3.63) is 77.6 Å². The van der Waals surface area contributed by atoms with Crippen LogP contribution in [0.2, 0.25) is 5.02 Å². The lowest BCUT2D eigenvalue weighted by Crippen LogP contribution is -2.56. The number of carbonyl (C=O) groups is 1. The average molecular weight is 626 g/mol. The van der Waals surface area contributed by atoms with Crippen LogP contribution in [0.1, 0.15) is 25.7 Å². The molecule has 0 bridgehead atoms. The lowest BCUT2D eigenvalue weighted by molar-refractivity contribution is -0.128. The Hall–Kier alpha value is -4.33.